The summed E-state index contributed by atoms with van der Waals surface area (Å²) in [5.41, 5.74) is 15.0. The van der Waals surface area contributed by atoms with Crippen LogP contribution in [0, 0.1) is 0 Å². The molecule has 0 saturated heterocycles. The molecule has 0 aliphatic carbocycles. The van der Waals surface area contributed by atoms with Gasteiger partial charge < -0.3 is 14.5 Å². The second kappa shape index (κ2) is 14.3. The molecule has 7 aromatic rings. The van der Waals surface area contributed by atoms with Crippen LogP contribution in [0.4, 0.5) is 34.1 Å². The van der Waals surface area contributed by atoms with Crippen LogP contribution in [0.1, 0.15) is 76.0 Å². The van der Waals surface area contributed by atoms with Crippen LogP contribution in [-0.2, 0) is 0 Å². The van der Waals surface area contributed by atoms with Crippen LogP contribution < -0.4 is 30.9 Å². The Hall–Kier alpha value is -5.30. The van der Waals surface area contributed by atoms with E-state index in [0.29, 0.717) is 17.8 Å². The topological polar surface area (TPSA) is 15.7 Å². The molecule has 57 heavy (non-hydrogen) atoms. The Balaban J connectivity index is 1.20. The number of ether oxygens (including phenoxy) is 1. The molecule has 3 nitrogen and oxygen atoms in total. The zero-order valence-corrected chi connectivity index (χ0v) is 34.9. The second-order valence-electron chi connectivity index (χ2n) is 16.3. The molecule has 0 aromatic heterocycles. The first kappa shape index (κ1) is 36.1. The van der Waals surface area contributed by atoms with E-state index in [1.54, 1.807) is 0 Å². The van der Waals surface area contributed by atoms with Gasteiger partial charge in [0.05, 0.1) is 22.7 Å². The normalized spacial score (nSPS) is 13.8. The predicted octanol–water partition coefficient (Wildman–Crippen LogP) is 13.5. The van der Waals surface area contributed by atoms with Crippen molar-refractivity contribution in [1.82, 2.24) is 0 Å². The monoisotopic (exact) mass is 776 g/mol. The summed E-state index contributed by atoms with van der Waals surface area (Å²) in [4.78, 5) is 9.80. The van der Waals surface area contributed by atoms with Crippen molar-refractivity contribution in [3.63, 3.8) is 0 Å². The predicted molar refractivity (Wildman–Crippen MR) is 244 cm³/mol. The Kier molecular flexibility index (Phi) is 9.03. The van der Waals surface area contributed by atoms with Crippen molar-refractivity contribution in [3.8, 4) is 11.5 Å². The molecule has 0 atom stereocenters. The molecule has 7 aromatic carbocycles. The van der Waals surface area contributed by atoms with Crippen LogP contribution in [-0.4, -0.2) is 6.71 Å². The summed E-state index contributed by atoms with van der Waals surface area (Å²) in [7, 11) is 0. The van der Waals surface area contributed by atoms with E-state index in [2.05, 4.69) is 197 Å². The first-order chi connectivity index (χ1) is 27.7. The summed E-state index contributed by atoms with van der Waals surface area (Å²) in [5.74, 6) is 2.95. The third kappa shape index (κ3) is 6.08. The van der Waals surface area contributed by atoms with Crippen LogP contribution in [0.15, 0.2) is 165 Å². The van der Waals surface area contributed by atoms with Gasteiger partial charge in [-0.15, -0.1) is 0 Å². The SMILES string of the molecule is CC(C)c1cc(C(C)C)c(B2c3ccc(N4c5ccccc5Sc5ccccc54)cc3Oc3cc(N4c5ccccc5Sc5ccccc54)ccc32)c(C(C)C)c1. The van der Waals surface area contributed by atoms with Gasteiger partial charge in [-0.25, -0.2) is 0 Å². The van der Waals surface area contributed by atoms with Gasteiger partial charge in [0.1, 0.15) is 11.5 Å². The number of hydrogen-bond acceptors (Lipinski definition) is 5. The van der Waals surface area contributed by atoms with Gasteiger partial charge in [0.15, 0.2) is 0 Å². The van der Waals surface area contributed by atoms with E-state index in [0.717, 1.165) is 22.9 Å². The molecule has 0 spiro atoms. The largest absolute Gasteiger partial charge is 0.458 e. The fraction of sp³-hybridized carbons (Fsp3) is 0.176. The third-order valence-electron chi connectivity index (χ3n) is 11.7. The number of nitrogens with zero attached hydrogens (tertiary/aromatic N) is 2. The highest BCUT2D eigenvalue weighted by Crippen LogP contribution is 2.53. The molecule has 0 amide bonds. The molecule has 3 aliphatic rings. The molecular formula is C51H45BN2OS2. The van der Waals surface area contributed by atoms with Crippen LogP contribution >= 0.6 is 23.5 Å². The second-order valence-corrected chi connectivity index (χ2v) is 18.5. The molecular weight excluding hydrogens is 732 g/mol. The number of anilines is 6. The van der Waals surface area contributed by atoms with Gasteiger partial charge >= 0.3 is 0 Å². The van der Waals surface area contributed by atoms with E-state index in [4.69, 9.17) is 4.74 Å². The van der Waals surface area contributed by atoms with Gasteiger partial charge in [0.2, 0.25) is 0 Å². The maximum absolute atomic E-state index is 7.24. The maximum atomic E-state index is 7.24. The average Bonchev–Trinajstić information content (AvgIpc) is 3.22. The Morgan fingerprint density at radius 2 is 0.807 bits per heavy atom. The van der Waals surface area contributed by atoms with Crippen molar-refractivity contribution in [2.24, 2.45) is 0 Å². The lowest BCUT2D eigenvalue weighted by Gasteiger charge is -2.36. The third-order valence-corrected chi connectivity index (χ3v) is 13.9. The number of benzene rings is 7. The molecule has 0 N–H and O–H groups in total. The van der Waals surface area contributed by atoms with Gasteiger partial charge in [-0.2, -0.15) is 0 Å². The van der Waals surface area contributed by atoms with Crippen molar-refractivity contribution in [2.75, 3.05) is 9.80 Å². The molecule has 6 heteroatoms. The van der Waals surface area contributed by atoms with Gasteiger partial charge in [-0.1, -0.05) is 143 Å². The minimum absolute atomic E-state index is 0.00386. The Bertz CT molecular complexity index is 2440. The molecule has 0 unspecified atom stereocenters. The molecule has 0 bridgehead atoms. The lowest BCUT2D eigenvalue weighted by Crippen LogP contribution is -2.57. The summed E-state index contributed by atoms with van der Waals surface area (Å²) >= 11 is 3.67. The fourth-order valence-electron chi connectivity index (χ4n) is 8.89. The fourth-order valence-corrected chi connectivity index (χ4v) is 11.0. The van der Waals surface area contributed by atoms with Crippen LogP contribution in [0.25, 0.3) is 0 Å². The van der Waals surface area contributed by atoms with Crippen molar-refractivity contribution in [3.05, 3.63) is 162 Å². The number of fused-ring (bicyclic) bond motifs is 6. The Labute approximate surface area is 346 Å². The van der Waals surface area contributed by atoms with Crippen molar-refractivity contribution in [1.29, 1.82) is 0 Å². The molecule has 3 aliphatic heterocycles. The smallest absolute Gasteiger partial charge is 0.251 e. The zero-order valence-electron chi connectivity index (χ0n) is 33.3. The lowest BCUT2D eigenvalue weighted by molar-refractivity contribution is 0.487. The van der Waals surface area contributed by atoms with Crippen LogP contribution in [0.5, 0.6) is 11.5 Å². The van der Waals surface area contributed by atoms with E-state index >= 15 is 0 Å². The highest BCUT2D eigenvalue weighted by atomic mass is 32.2. The lowest BCUT2D eigenvalue weighted by atomic mass is 9.34. The van der Waals surface area contributed by atoms with Gasteiger partial charge in [0.25, 0.3) is 6.71 Å². The number of para-hydroxylation sites is 4. The van der Waals surface area contributed by atoms with Crippen LogP contribution in [0.3, 0.4) is 0 Å². The molecule has 0 radical (unpaired) electrons. The molecule has 0 saturated carbocycles. The Morgan fingerprint density at radius 3 is 1.16 bits per heavy atom. The molecule has 0 fully saturated rings. The molecule has 10 rings (SSSR count). The van der Waals surface area contributed by atoms with Crippen molar-refractivity contribution < 1.29 is 4.74 Å². The Morgan fingerprint density at radius 1 is 0.439 bits per heavy atom. The minimum Gasteiger partial charge on any atom is -0.458 e. The quantitative estimate of drug-likeness (QED) is 0.156. The molecule has 280 valence electrons. The highest BCUT2D eigenvalue weighted by Gasteiger charge is 2.38. The maximum Gasteiger partial charge on any atom is 0.251 e. The van der Waals surface area contributed by atoms with Gasteiger partial charge in [-0.05, 0) is 106 Å². The summed E-state index contributed by atoms with van der Waals surface area (Å²) in [6.45, 7) is 14.0. The van der Waals surface area contributed by atoms with Crippen molar-refractivity contribution >= 4 is 80.7 Å². The average molecular weight is 777 g/mol. The molecule has 3 heterocycles. The van der Waals surface area contributed by atoms with Gasteiger partial charge in [0, 0.05) is 43.1 Å². The number of rotatable bonds is 6. The van der Waals surface area contributed by atoms with Crippen LogP contribution in [0.2, 0.25) is 0 Å². The summed E-state index contributed by atoms with van der Waals surface area (Å²) in [6.07, 6.45) is 0. The van der Waals surface area contributed by atoms with Gasteiger partial charge in [-0.3, -0.25) is 0 Å². The number of hydrogen-bond donors (Lipinski definition) is 0. The zero-order chi connectivity index (χ0) is 38.9. The summed E-state index contributed by atoms with van der Waals surface area (Å²) < 4.78 is 7.24. The van der Waals surface area contributed by atoms with E-state index in [1.807, 2.05) is 23.5 Å². The summed E-state index contributed by atoms with van der Waals surface area (Å²) in [5, 5.41) is 0. The minimum atomic E-state index is -0.00386. The highest BCUT2D eigenvalue weighted by molar-refractivity contribution is 8.00. The first-order valence-electron chi connectivity index (χ1n) is 20.2. The van der Waals surface area contributed by atoms with Crippen molar-refractivity contribution in [2.45, 2.75) is 78.9 Å². The summed E-state index contributed by atoms with van der Waals surface area (Å²) in [6, 6.07) is 53.8. The first-order valence-corrected chi connectivity index (χ1v) is 21.8. The van der Waals surface area contributed by atoms with E-state index in [9.17, 15) is 0 Å². The van der Waals surface area contributed by atoms with E-state index in [1.165, 1.54) is 75.4 Å². The standard InChI is InChI=1S/C51H45BN2OS2/c1-31(2)34-27-37(32(3)4)51(38(28-34)33(5)6)52-39-25-23-35(53-41-15-7-11-19-47(41)56-48-20-12-8-16-42(48)53)29-45(39)55-46-30-36(24-26-40(46)52)54-43-17-9-13-21-49(43)57-50-22-14-10-18-44(50)54/h7-33H,1-6H3. The van der Waals surface area contributed by atoms with E-state index in [-0.39, 0.29) is 6.71 Å². The van der Waals surface area contributed by atoms with E-state index < -0.39 is 0 Å².